The molecule has 0 amide bonds. The van der Waals surface area contributed by atoms with Crippen LogP contribution in [0.1, 0.15) is 0 Å². The smallest absolute Gasteiger partial charge is 0.264 e. The van der Waals surface area contributed by atoms with E-state index in [-0.39, 0.29) is 11.1 Å². The van der Waals surface area contributed by atoms with Gasteiger partial charge in [0.15, 0.2) is 0 Å². The van der Waals surface area contributed by atoms with Crippen molar-refractivity contribution in [3.8, 4) is 11.4 Å². The van der Waals surface area contributed by atoms with Gasteiger partial charge in [-0.1, -0.05) is 12.1 Å². The van der Waals surface area contributed by atoms with Gasteiger partial charge in [-0.15, -0.1) is 0 Å². The van der Waals surface area contributed by atoms with E-state index in [4.69, 9.17) is 9.47 Å². The van der Waals surface area contributed by atoms with Crippen LogP contribution in [0.5, 0.6) is 5.75 Å². The number of fused-ring (bicyclic) bond motifs is 2. The Labute approximate surface area is 184 Å². The fraction of sp³-hybridized carbons (Fsp3) is 0.292. The Morgan fingerprint density at radius 1 is 0.938 bits per heavy atom. The van der Waals surface area contributed by atoms with Crippen LogP contribution in [-0.2, 0) is 11.3 Å². The summed E-state index contributed by atoms with van der Waals surface area (Å²) in [4.78, 5) is 33.3. The second-order valence-electron chi connectivity index (χ2n) is 7.79. The molecular formula is C24H24N4O4. The number of ether oxygens (including phenoxy) is 2. The number of hydrogen-bond donors (Lipinski definition) is 0. The summed E-state index contributed by atoms with van der Waals surface area (Å²) in [5, 5.41) is 0.839. The van der Waals surface area contributed by atoms with Gasteiger partial charge in [-0.25, -0.2) is 4.98 Å². The van der Waals surface area contributed by atoms with Gasteiger partial charge in [-0.2, -0.15) is 0 Å². The highest BCUT2D eigenvalue weighted by molar-refractivity contribution is 5.91. The summed E-state index contributed by atoms with van der Waals surface area (Å²) in [6.45, 7) is 4.54. The average molecular weight is 432 g/mol. The number of nitrogens with zero attached hydrogens (tertiary/aromatic N) is 4. The molecule has 8 nitrogen and oxygen atoms in total. The number of pyridine rings is 3. The zero-order chi connectivity index (χ0) is 22.1. The Morgan fingerprint density at radius 3 is 2.44 bits per heavy atom. The number of rotatable bonds is 5. The molecule has 0 aliphatic carbocycles. The Balaban J connectivity index is 1.57. The first-order valence-electron chi connectivity index (χ1n) is 10.6. The summed E-state index contributed by atoms with van der Waals surface area (Å²) in [6, 6.07) is 12.6. The van der Waals surface area contributed by atoms with Gasteiger partial charge in [0, 0.05) is 38.6 Å². The number of para-hydroxylation sites is 2. The Morgan fingerprint density at radius 2 is 1.66 bits per heavy atom. The standard InChI is InChI=1S/C24H24N4O4/c1-31-22-5-3-2-4-21(22)28-9-7-20-18(24(28)30)16-17-19(25-20)6-8-27(23(17)29)11-10-26-12-14-32-15-13-26/h2-9,16H,10-15H2,1H3. The van der Waals surface area contributed by atoms with E-state index in [1.54, 1.807) is 42.3 Å². The molecule has 0 bridgehead atoms. The fourth-order valence-corrected chi connectivity index (χ4v) is 4.13. The van der Waals surface area contributed by atoms with Gasteiger partial charge in [0.2, 0.25) is 0 Å². The lowest BCUT2D eigenvalue weighted by Gasteiger charge is -2.26. The van der Waals surface area contributed by atoms with Gasteiger partial charge in [0.25, 0.3) is 11.1 Å². The van der Waals surface area contributed by atoms with Crippen molar-refractivity contribution in [3.05, 3.63) is 75.6 Å². The molecule has 8 heteroatoms. The van der Waals surface area contributed by atoms with Crippen molar-refractivity contribution in [2.75, 3.05) is 40.0 Å². The quantitative estimate of drug-likeness (QED) is 0.449. The molecule has 4 aromatic rings. The van der Waals surface area contributed by atoms with Gasteiger partial charge in [0.1, 0.15) is 5.75 Å². The zero-order valence-corrected chi connectivity index (χ0v) is 17.9. The maximum Gasteiger partial charge on any atom is 0.264 e. The molecule has 0 unspecified atom stereocenters. The molecule has 1 aliphatic heterocycles. The topological polar surface area (TPSA) is 78.6 Å². The van der Waals surface area contributed by atoms with Crippen molar-refractivity contribution >= 4 is 21.8 Å². The van der Waals surface area contributed by atoms with Gasteiger partial charge < -0.3 is 14.0 Å². The highest BCUT2D eigenvalue weighted by Gasteiger charge is 2.14. The number of aromatic nitrogens is 3. The normalized spacial score (nSPS) is 14.8. The van der Waals surface area contributed by atoms with Crippen molar-refractivity contribution in [1.82, 2.24) is 19.0 Å². The molecule has 0 spiro atoms. The Hall–Kier alpha value is -3.49. The lowest BCUT2D eigenvalue weighted by atomic mass is 10.2. The lowest BCUT2D eigenvalue weighted by Crippen LogP contribution is -2.39. The van der Waals surface area contributed by atoms with Crippen LogP contribution < -0.4 is 15.9 Å². The van der Waals surface area contributed by atoms with Crippen molar-refractivity contribution in [3.63, 3.8) is 0 Å². The van der Waals surface area contributed by atoms with Gasteiger partial charge in [0.05, 0.1) is 47.8 Å². The largest absolute Gasteiger partial charge is 0.495 e. The fourth-order valence-electron chi connectivity index (χ4n) is 4.13. The van der Waals surface area contributed by atoms with Crippen molar-refractivity contribution in [2.45, 2.75) is 6.54 Å². The van der Waals surface area contributed by atoms with Crippen LogP contribution in [0.15, 0.2) is 64.4 Å². The molecule has 0 radical (unpaired) electrons. The molecule has 5 rings (SSSR count). The molecule has 1 aromatic carbocycles. The third-order valence-corrected chi connectivity index (χ3v) is 5.92. The summed E-state index contributed by atoms with van der Waals surface area (Å²) in [7, 11) is 1.57. The summed E-state index contributed by atoms with van der Waals surface area (Å²) >= 11 is 0. The van der Waals surface area contributed by atoms with E-state index in [0.717, 1.165) is 32.8 Å². The minimum Gasteiger partial charge on any atom is -0.495 e. The second-order valence-corrected chi connectivity index (χ2v) is 7.79. The van der Waals surface area contributed by atoms with Crippen LogP contribution in [0.4, 0.5) is 0 Å². The van der Waals surface area contributed by atoms with Crippen molar-refractivity contribution in [2.24, 2.45) is 0 Å². The average Bonchev–Trinajstić information content (AvgIpc) is 2.84. The van der Waals surface area contributed by atoms with Gasteiger partial charge >= 0.3 is 0 Å². The molecule has 4 heterocycles. The third-order valence-electron chi connectivity index (χ3n) is 5.92. The van der Waals surface area contributed by atoms with Crippen LogP contribution in [0.25, 0.3) is 27.5 Å². The third kappa shape index (κ3) is 3.68. The van der Waals surface area contributed by atoms with Crippen molar-refractivity contribution < 1.29 is 9.47 Å². The molecular weight excluding hydrogens is 408 g/mol. The van der Waals surface area contributed by atoms with Gasteiger partial charge in [-0.05, 0) is 30.3 Å². The minimum atomic E-state index is -0.246. The maximum atomic E-state index is 13.3. The summed E-state index contributed by atoms with van der Waals surface area (Å²) < 4.78 is 14.0. The number of morpholine rings is 1. The molecule has 164 valence electrons. The lowest BCUT2D eigenvalue weighted by molar-refractivity contribution is 0.0363. The highest BCUT2D eigenvalue weighted by Crippen LogP contribution is 2.22. The second kappa shape index (κ2) is 8.57. The zero-order valence-electron chi connectivity index (χ0n) is 17.9. The molecule has 1 saturated heterocycles. The van der Waals surface area contributed by atoms with Crippen LogP contribution >= 0.6 is 0 Å². The van der Waals surface area contributed by atoms with E-state index in [1.807, 2.05) is 24.3 Å². The maximum absolute atomic E-state index is 13.3. The predicted octanol–water partition coefficient (Wildman–Crippen LogP) is 2.04. The molecule has 0 saturated carbocycles. The molecule has 32 heavy (non-hydrogen) atoms. The Bertz CT molecular complexity index is 1400. The minimum absolute atomic E-state index is 0.141. The highest BCUT2D eigenvalue weighted by atomic mass is 16.5. The first-order chi connectivity index (χ1) is 15.7. The Kier molecular flexibility index (Phi) is 5.46. The van der Waals surface area contributed by atoms with E-state index in [0.29, 0.717) is 39.8 Å². The van der Waals surface area contributed by atoms with Crippen molar-refractivity contribution in [1.29, 1.82) is 0 Å². The monoisotopic (exact) mass is 432 g/mol. The molecule has 0 atom stereocenters. The molecule has 1 fully saturated rings. The van der Waals surface area contributed by atoms with E-state index >= 15 is 0 Å². The first-order valence-corrected chi connectivity index (χ1v) is 10.6. The van der Waals surface area contributed by atoms with Gasteiger partial charge in [-0.3, -0.25) is 19.1 Å². The molecule has 3 aromatic heterocycles. The molecule has 0 N–H and O–H groups in total. The van der Waals surface area contributed by atoms with E-state index in [2.05, 4.69) is 9.88 Å². The van der Waals surface area contributed by atoms with Crippen LogP contribution in [0, 0.1) is 0 Å². The van der Waals surface area contributed by atoms with Crippen LogP contribution in [0.2, 0.25) is 0 Å². The first kappa shape index (κ1) is 20.4. The SMILES string of the molecule is COc1ccccc1-n1ccc2nc3ccn(CCN4CCOCC4)c(=O)c3cc2c1=O. The predicted molar refractivity (Wildman–Crippen MR) is 123 cm³/mol. The van der Waals surface area contributed by atoms with E-state index < -0.39 is 0 Å². The summed E-state index contributed by atoms with van der Waals surface area (Å²) in [5.41, 5.74) is 1.39. The summed E-state index contributed by atoms with van der Waals surface area (Å²) in [6.07, 6.45) is 3.46. The number of hydrogen-bond acceptors (Lipinski definition) is 6. The summed E-state index contributed by atoms with van der Waals surface area (Å²) in [5.74, 6) is 0.591. The molecule has 1 aliphatic rings. The van der Waals surface area contributed by atoms with Crippen LogP contribution in [-0.4, -0.2) is 59.0 Å². The van der Waals surface area contributed by atoms with E-state index in [1.165, 1.54) is 4.57 Å². The number of benzene rings is 1. The van der Waals surface area contributed by atoms with E-state index in [9.17, 15) is 9.59 Å². The number of methoxy groups -OCH3 is 1. The van der Waals surface area contributed by atoms with Crippen LogP contribution in [0.3, 0.4) is 0 Å².